The van der Waals surface area contributed by atoms with Gasteiger partial charge in [0.2, 0.25) is 6.29 Å². The summed E-state index contributed by atoms with van der Waals surface area (Å²) in [6.45, 7) is 2.52. The Balaban J connectivity index is 1.87. The van der Waals surface area contributed by atoms with Gasteiger partial charge < -0.3 is 19.9 Å². The highest BCUT2D eigenvalue weighted by Crippen LogP contribution is 2.40. The van der Waals surface area contributed by atoms with Crippen LogP contribution in [0, 0.1) is 5.92 Å². The van der Waals surface area contributed by atoms with Crippen LogP contribution in [0.3, 0.4) is 0 Å². The maximum Gasteiger partial charge on any atom is 0.290 e. The molecule has 0 fully saturated rings. The van der Waals surface area contributed by atoms with Crippen LogP contribution in [0.2, 0.25) is 0 Å². The first-order valence-corrected chi connectivity index (χ1v) is 10.2. The van der Waals surface area contributed by atoms with Crippen molar-refractivity contribution in [1.29, 1.82) is 0 Å². The minimum atomic E-state index is -0.520. The highest BCUT2D eigenvalue weighted by Gasteiger charge is 2.37. The average molecular weight is 388 g/mol. The van der Waals surface area contributed by atoms with Crippen molar-refractivity contribution < 1.29 is 19.4 Å². The zero-order valence-corrected chi connectivity index (χ0v) is 16.2. The average Bonchev–Trinajstić information content (AvgIpc) is 3.22. The Labute approximate surface area is 163 Å². The second-order valence-electron chi connectivity index (χ2n) is 6.40. The van der Waals surface area contributed by atoms with Gasteiger partial charge in [-0.2, -0.15) is 11.3 Å². The van der Waals surface area contributed by atoms with Gasteiger partial charge in [0.1, 0.15) is 0 Å². The number of allylic oxidation sites excluding steroid dienone is 1. The first kappa shape index (κ1) is 19.6. The van der Waals surface area contributed by atoms with E-state index in [9.17, 15) is 9.90 Å². The number of nitrogens with one attached hydrogen (secondary N) is 1. The molecule has 2 N–H and O–H groups in total. The first-order valence-electron chi connectivity index (χ1n) is 9.22. The lowest BCUT2D eigenvalue weighted by Gasteiger charge is -2.36. The number of benzene rings is 1. The van der Waals surface area contributed by atoms with E-state index in [4.69, 9.17) is 9.47 Å². The molecule has 3 rings (SSSR count). The molecule has 0 saturated carbocycles. The molecule has 1 aliphatic heterocycles. The predicted molar refractivity (Wildman–Crippen MR) is 107 cm³/mol. The van der Waals surface area contributed by atoms with E-state index < -0.39 is 6.29 Å². The monoisotopic (exact) mass is 387 g/mol. The van der Waals surface area contributed by atoms with Gasteiger partial charge in [-0.25, -0.2) is 0 Å². The van der Waals surface area contributed by atoms with Crippen molar-refractivity contribution in [2.75, 3.05) is 18.5 Å². The van der Waals surface area contributed by atoms with Gasteiger partial charge in [-0.1, -0.05) is 18.2 Å². The molecule has 0 saturated heterocycles. The SMILES string of the molecule is CCO[C@H]1OC(C(=O)Nc2ccccc2)=C[C@@H](c2ccsc2)[C@H]1CCCO. The molecule has 1 aromatic heterocycles. The third-order valence-electron chi connectivity index (χ3n) is 4.59. The Kier molecular flexibility index (Phi) is 7.04. The zero-order valence-electron chi connectivity index (χ0n) is 15.3. The molecular formula is C21H25NO4S. The smallest absolute Gasteiger partial charge is 0.290 e. The van der Waals surface area contributed by atoms with Crippen LogP contribution in [0.5, 0.6) is 0 Å². The molecule has 27 heavy (non-hydrogen) atoms. The van der Waals surface area contributed by atoms with Gasteiger partial charge >= 0.3 is 0 Å². The van der Waals surface area contributed by atoms with Crippen molar-refractivity contribution in [3.05, 3.63) is 64.6 Å². The Morgan fingerprint density at radius 3 is 2.78 bits per heavy atom. The summed E-state index contributed by atoms with van der Waals surface area (Å²) in [5.41, 5.74) is 1.86. The second kappa shape index (κ2) is 9.69. The number of aliphatic hydroxyl groups is 1. The Hall–Kier alpha value is -2.15. The predicted octanol–water partition coefficient (Wildman–Crippen LogP) is 4.14. The van der Waals surface area contributed by atoms with E-state index in [1.807, 2.05) is 48.7 Å². The lowest BCUT2D eigenvalue weighted by atomic mass is 9.81. The largest absolute Gasteiger partial charge is 0.459 e. The summed E-state index contributed by atoms with van der Waals surface area (Å²) in [6.07, 6.45) is 2.79. The van der Waals surface area contributed by atoms with E-state index >= 15 is 0 Å². The normalized spacial score (nSPS) is 22.0. The summed E-state index contributed by atoms with van der Waals surface area (Å²) in [5, 5.41) is 16.3. The molecule has 0 spiro atoms. The highest BCUT2D eigenvalue weighted by molar-refractivity contribution is 7.08. The van der Waals surface area contributed by atoms with Gasteiger partial charge in [0, 0.05) is 30.7 Å². The number of amides is 1. The standard InChI is InChI=1S/C21H25NO4S/c1-2-25-21-17(9-6-11-23)18(15-10-12-27-14-15)13-19(26-21)20(24)22-16-7-4-3-5-8-16/h3-5,7-8,10,12-14,17-18,21,23H,2,6,9,11H2,1H3,(H,22,24)/t17-,18+,21+/m1/s1. The minimum Gasteiger partial charge on any atom is -0.459 e. The number of carbonyl (C=O) groups is 1. The molecule has 2 aromatic rings. The number of hydrogen-bond donors (Lipinski definition) is 2. The molecule has 5 nitrogen and oxygen atoms in total. The summed E-state index contributed by atoms with van der Waals surface area (Å²) in [5.74, 6) is 0.0325. The first-order chi connectivity index (χ1) is 13.2. The van der Waals surface area contributed by atoms with Crippen molar-refractivity contribution in [1.82, 2.24) is 0 Å². The van der Waals surface area contributed by atoms with Crippen molar-refractivity contribution in [3.8, 4) is 0 Å². The summed E-state index contributed by atoms with van der Waals surface area (Å²) >= 11 is 1.63. The van der Waals surface area contributed by atoms with Crippen LogP contribution in [0.1, 0.15) is 31.2 Å². The van der Waals surface area contributed by atoms with Crippen LogP contribution in [0.25, 0.3) is 0 Å². The van der Waals surface area contributed by atoms with Crippen molar-refractivity contribution in [2.24, 2.45) is 5.92 Å². The van der Waals surface area contributed by atoms with Gasteiger partial charge in [0.05, 0.1) is 0 Å². The van der Waals surface area contributed by atoms with Crippen molar-refractivity contribution in [3.63, 3.8) is 0 Å². The number of hydrogen-bond acceptors (Lipinski definition) is 5. The lowest BCUT2D eigenvalue weighted by molar-refractivity contribution is -0.164. The van der Waals surface area contributed by atoms with E-state index in [0.717, 1.165) is 17.7 Å². The van der Waals surface area contributed by atoms with Crippen molar-refractivity contribution in [2.45, 2.75) is 32.0 Å². The number of anilines is 1. The Bertz CT molecular complexity index is 745. The number of carbonyl (C=O) groups excluding carboxylic acids is 1. The van der Waals surface area contributed by atoms with Crippen LogP contribution in [-0.2, 0) is 14.3 Å². The summed E-state index contributed by atoms with van der Waals surface area (Å²) in [4.78, 5) is 12.8. The maximum absolute atomic E-state index is 12.8. The summed E-state index contributed by atoms with van der Waals surface area (Å²) in [6, 6.07) is 11.4. The van der Waals surface area contributed by atoms with Crippen LogP contribution < -0.4 is 5.32 Å². The van der Waals surface area contributed by atoms with Gasteiger partial charge in [-0.05, 0) is 60.4 Å². The number of aliphatic hydroxyl groups excluding tert-OH is 1. The molecule has 1 aromatic carbocycles. The van der Waals surface area contributed by atoms with Crippen LogP contribution >= 0.6 is 11.3 Å². The molecule has 1 aliphatic rings. The molecule has 3 atom stereocenters. The molecule has 0 unspecified atom stereocenters. The van der Waals surface area contributed by atoms with Gasteiger partial charge in [-0.3, -0.25) is 4.79 Å². The fourth-order valence-electron chi connectivity index (χ4n) is 3.32. The molecule has 0 aliphatic carbocycles. The fraction of sp³-hybridized carbons (Fsp3) is 0.381. The number of thiophene rings is 1. The topological polar surface area (TPSA) is 67.8 Å². The van der Waals surface area contributed by atoms with E-state index in [1.165, 1.54) is 0 Å². The summed E-state index contributed by atoms with van der Waals surface area (Å²) < 4.78 is 11.8. The molecule has 0 bridgehead atoms. The number of para-hydroxylation sites is 1. The minimum absolute atomic E-state index is 0.00428. The summed E-state index contributed by atoms with van der Waals surface area (Å²) in [7, 11) is 0. The van der Waals surface area contributed by atoms with E-state index in [2.05, 4.69) is 16.8 Å². The van der Waals surface area contributed by atoms with Gasteiger partial charge in [0.15, 0.2) is 5.76 Å². The van der Waals surface area contributed by atoms with Gasteiger partial charge in [-0.15, -0.1) is 0 Å². The number of rotatable bonds is 8. The van der Waals surface area contributed by atoms with E-state index in [-0.39, 0.29) is 30.1 Å². The van der Waals surface area contributed by atoms with E-state index in [1.54, 1.807) is 11.3 Å². The maximum atomic E-state index is 12.8. The zero-order chi connectivity index (χ0) is 19.1. The van der Waals surface area contributed by atoms with E-state index in [0.29, 0.717) is 13.0 Å². The van der Waals surface area contributed by atoms with Gasteiger partial charge in [0.25, 0.3) is 5.91 Å². The molecule has 1 amide bonds. The van der Waals surface area contributed by atoms with Crippen LogP contribution in [0.4, 0.5) is 5.69 Å². The molecule has 0 radical (unpaired) electrons. The third-order valence-corrected chi connectivity index (χ3v) is 5.30. The van der Waals surface area contributed by atoms with Crippen LogP contribution in [0.15, 0.2) is 59.0 Å². The van der Waals surface area contributed by atoms with Crippen LogP contribution in [-0.4, -0.2) is 30.5 Å². The Morgan fingerprint density at radius 1 is 1.30 bits per heavy atom. The molecule has 144 valence electrons. The molecular weight excluding hydrogens is 362 g/mol. The number of ether oxygens (including phenoxy) is 2. The highest BCUT2D eigenvalue weighted by atomic mass is 32.1. The lowest BCUT2D eigenvalue weighted by Crippen LogP contribution is -2.37. The molecule has 6 heteroatoms. The Morgan fingerprint density at radius 2 is 2.11 bits per heavy atom. The molecule has 2 heterocycles. The fourth-order valence-corrected chi connectivity index (χ4v) is 4.03. The quantitative estimate of drug-likeness (QED) is 0.714. The second-order valence-corrected chi connectivity index (χ2v) is 7.18. The van der Waals surface area contributed by atoms with Crippen molar-refractivity contribution >= 4 is 22.9 Å². The third kappa shape index (κ3) is 4.97.